The fraction of sp³-hybridized carbons (Fsp3) is 0.480. The average molecular weight is 472 g/mol. The van der Waals surface area contributed by atoms with E-state index in [4.69, 9.17) is 4.74 Å². The van der Waals surface area contributed by atoms with Crippen LogP contribution in [0.5, 0.6) is 5.75 Å². The number of carboxylic acid groups (broad SMARTS) is 1. The number of hydrogen-bond donors (Lipinski definition) is 2. The molecule has 1 aliphatic carbocycles. The normalized spacial score (nSPS) is 15.5. The lowest BCUT2D eigenvalue weighted by atomic mass is 9.72. The fourth-order valence-electron chi connectivity index (χ4n) is 4.05. The van der Waals surface area contributed by atoms with Crippen LogP contribution in [0.4, 0.5) is 10.7 Å². The van der Waals surface area contributed by atoms with Gasteiger partial charge in [-0.05, 0) is 73.8 Å². The smallest absolute Gasteiger partial charge is 0.258 e. The Balaban J connectivity index is 1.87. The van der Waals surface area contributed by atoms with E-state index in [1.807, 2.05) is 6.92 Å². The topological polar surface area (TPSA) is 108 Å². The molecular weight excluding hydrogens is 440 g/mol. The number of hydrogen-bond acceptors (Lipinski definition) is 6. The highest BCUT2D eigenvalue weighted by atomic mass is 32.1. The quantitative estimate of drug-likeness (QED) is 0.605. The largest absolute Gasteiger partial charge is 0.550 e. The number of anilines is 2. The molecule has 1 aromatic heterocycles. The first-order chi connectivity index (χ1) is 15.6. The zero-order chi connectivity index (χ0) is 24.2. The molecular formula is C25H31N2O5S-. The Morgan fingerprint density at radius 3 is 2.42 bits per heavy atom. The zero-order valence-corrected chi connectivity index (χ0v) is 20.4. The van der Waals surface area contributed by atoms with Crippen molar-refractivity contribution < 1.29 is 24.2 Å². The molecule has 0 bridgehead atoms. The fourth-order valence-corrected chi connectivity index (χ4v) is 5.39. The van der Waals surface area contributed by atoms with E-state index in [9.17, 15) is 19.5 Å². The third-order valence-corrected chi connectivity index (χ3v) is 7.12. The predicted molar refractivity (Wildman–Crippen MR) is 128 cm³/mol. The second kappa shape index (κ2) is 10.4. The number of fused-ring (bicyclic) bond motifs is 1. The molecule has 3 rings (SSSR count). The highest BCUT2D eigenvalue weighted by Crippen LogP contribution is 2.44. The molecule has 2 amide bonds. The second-order valence-corrected chi connectivity index (χ2v) is 10.5. The van der Waals surface area contributed by atoms with Crippen molar-refractivity contribution >= 4 is 39.8 Å². The van der Waals surface area contributed by atoms with Crippen LogP contribution in [0, 0.1) is 11.3 Å². The lowest BCUT2D eigenvalue weighted by Gasteiger charge is -2.33. The summed E-state index contributed by atoms with van der Waals surface area (Å²) in [4.78, 5) is 37.5. The van der Waals surface area contributed by atoms with Crippen LogP contribution in [-0.4, -0.2) is 24.4 Å². The Labute approximate surface area is 198 Å². The number of carboxylic acids is 1. The summed E-state index contributed by atoms with van der Waals surface area (Å²) in [7, 11) is 0. The zero-order valence-electron chi connectivity index (χ0n) is 19.6. The standard InChI is InChI=1S/C25H32N2O5S/c1-5-32-17-9-7-16(8-10-17)26-23(31)22-18-11-6-15(25(2,3)4)14-19(18)33-24(22)27-20(28)12-13-21(29)30/h7-10,15H,5-6,11-14H2,1-4H3,(H,26,31)(H,27,28)(H,29,30)/p-1/t15-/m1/s1. The van der Waals surface area contributed by atoms with Gasteiger partial charge in [-0.15, -0.1) is 11.3 Å². The maximum atomic E-state index is 13.3. The third-order valence-electron chi connectivity index (χ3n) is 5.95. The van der Waals surface area contributed by atoms with Gasteiger partial charge in [0.1, 0.15) is 10.8 Å². The van der Waals surface area contributed by atoms with Crippen LogP contribution < -0.4 is 20.5 Å². The van der Waals surface area contributed by atoms with Gasteiger partial charge in [0.25, 0.3) is 5.91 Å². The first kappa shape index (κ1) is 24.8. The summed E-state index contributed by atoms with van der Waals surface area (Å²) >= 11 is 1.42. The van der Waals surface area contributed by atoms with E-state index < -0.39 is 11.9 Å². The van der Waals surface area contributed by atoms with Crippen LogP contribution in [0.15, 0.2) is 24.3 Å². The van der Waals surface area contributed by atoms with E-state index in [0.717, 1.165) is 35.5 Å². The van der Waals surface area contributed by atoms with E-state index in [0.29, 0.717) is 28.8 Å². The van der Waals surface area contributed by atoms with Crippen molar-refractivity contribution in [2.24, 2.45) is 11.3 Å². The summed E-state index contributed by atoms with van der Waals surface area (Å²) in [6.45, 7) is 9.13. The first-order valence-electron chi connectivity index (χ1n) is 11.3. The molecule has 1 aromatic carbocycles. The summed E-state index contributed by atoms with van der Waals surface area (Å²) in [6, 6.07) is 7.13. The average Bonchev–Trinajstić information content (AvgIpc) is 3.10. The molecule has 0 radical (unpaired) electrons. The number of thiophene rings is 1. The summed E-state index contributed by atoms with van der Waals surface area (Å²) in [6.07, 6.45) is 2.01. The Bertz CT molecular complexity index is 1020. The molecule has 0 saturated heterocycles. The summed E-state index contributed by atoms with van der Waals surface area (Å²) in [5.41, 5.74) is 2.21. The Morgan fingerprint density at radius 1 is 1.12 bits per heavy atom. The number of ether oxygens (including phenoxy) is 1. The lowest BCUT2D eigenvalue weighted by molar-refractivity contribution is -0.305. The number of carbonyl (C=O) groups excluding carboxylic acids is 3. The Hall–Kier alpha value is -2.87. The van der Waals surface area contributed by atoms with Crippen molar-refractivity contribution in [2.45, 2.75) is 59.8 Å². The molecule has 8 heteroatoms. The highest BCUT2D eigenvalue weighted by Gasteiger charge is 2.34. The van der Waals surface area contributed by atoms with Gasteiger partial charge in [0, 0.05) is 23.0 Å². The molecule has 0 spiro atoms. The number of carbonyl (C=O) groups is 3. The molecule has 0 unspecified atom stereocenters. The molecule has 1 heterocycles. The van der Waals surface area contributed by atoms with Crippen LogP contribution >= 0.6 is 11.3 Å². The van der Waals surface area contributed by atoms with E-state index in [-0.39, 0.29) is 24.2 Å². The van der Waals surface area contributed by atoms with Gasteiger partial charge < -0.3 is 25.3 Å². The predicted octanol–water partition coefficient (Wildman–Crippen LogP) is 4.02. The molecule has 2 N–H and O–H groups in total. The molecule has 1 aliphatic rings. The summed E-state index contributed by atoms with van der Waals surface area (Å²) in [5, 5.41) is 16.9. The number of amides is 2. The first-order valence-corrected chi connectivity index (χ1v) is 12.1. The van der Waals surface area contributed by atoms with Gasteiger partial charge in [-0.3, -0.25) is 9.59 Å². The lowest BCUT2D eigenvalue weighted by Crippen LogP contribution is -2.27. The minimum atomic E-state index is -1.28. The molecule has 2 aromatic rings. The molecule has 0 fully saturated rings. The van der Waals surface area contributed by atoms with E-state index in [2.05, 4.69) is 31.4 Å². The van der Waals surface area contributed by atoms with E-state index in [1.165, 1.54) is 11.3 Å². The SMILES string of the molecule is CCOc1ccc(NC(=O)c2c(NC(=O)CCC(=O)[O-])sc3c2CC[C@@H](C(C)(C)C)C3)cc1. The number of benzene rings is 1. The van der Waals surface area contributed by atoms with Gasteiger partial charge in [-0.2, -0.15) is 0 Å². The van der Waals surface area contributed by atoms with Crippen LogP contribution in [0.2, 0.25) is 0 Å². The van der Waals surface area contributed by atoms with E-state index in [1.54, 1.807) is 24.3 Å². The van der Waals surface area contributed by atoms with Gasteiger partial charge in [-0.1, -0.05) is 20.8 Å². The Morgan fingerprint density at radius 2 is 1.82 bits per heavy atom. The van der Waals surface area contributed by atoms with Gasteiger partial charge >= 0.3 is 0 Å². The Kier molecular flexibility index (Phi) is 7.79. The van der Waals surface area contributed by atoms with Crippen molar-refractivity contribution in [1.29, 1.82) is 0 Å². The van der Waals surface area contributed by atoms with E-state index >= 15 is 0 Å². The number of aliphatic carboxylic acids is 1. The van der Waals surface area contributed by atoms with Crippen molar-refractivity contribution in [3.05, 3.63) is 40.3 Å². The monoisotopic (exact) mass is 471 g/mol. The van der Waals surface area contributed by atoms with Crippen molar-refractivity contribution in [2.75, 3.05) is 17.2 Å². The number of nitrogens with one attached hydrogen (secondary N) is 2. The van der Waals surface area contributed by atoms with Crippen LogP contribution in [0.1, 0.15) is 67.8 Å². The third kappa shape index (κ3) is 6.35. The van der Waals surface area contributed by atoms with Gasteiger partial charge in [0.2, 0.25) is 5.91 Å². The molecule has 0 aliphatic heterocycles. The molecule has 7 nitrogen and oxygen atoms in total. The van der Waals surface area contributed by atoms with Crippen molar-refractivity contribution in [3.8, 4) is 5.75 Å². The summed E-state index contributed by atoms with van der Waals surface area (Å²) in [5.74, 6) is -0.816. The highest BCUT2D eigenvalue weighted by molar-refractivity contribution is 7.17. The van der Waals surface area contributed by atoms with Crippen molar-refractivity contribution in [3.63, 3.8) is 0 Å². The molecule has 33 heavy (non-hydrogen) atoms. The maximum Gasteiger partial charge on any atom is 0.258 e. The van der Waals surface area contributed by atoms with Crippen LogP contribution in [-0.2, 0) is 22.4 Å². The maximum absolute atomic E-state index is 13.3. The summed E-state index contributed by atoms with van der Waals surface area (Å²) < 4.78 is 5.45. The van der Waals surface area contributed by atoms with Crippen LogP contribution in [0.25, 0.3) is 0 Å². The minimum Gasteiger partial charge on any atom is -0.550 e. The number of rotatable bonds is 8. The molecule has 0 saturated carbocycles. The van der Waals surface area contributed by atoms with Crippen LogP contribution in [0.3, 0.4) is 0 Å². The minimum absolute atomic E-state index is 0.143. The molecule has 1 atom stereocenters. The molecule has 178 valence electrons. The van der Waals surface area contributed by atoms with Gasteiger partial charge in [-0.25, -0.2) is 0 Å². The van der Waals surface area contributed by atoms with Crippen molar-refractivity contribution in [1.82, 2.24) is 0 Å². The van der Waals surface area contributed by atoms with Gasteiger partial charge in [0.05, 0.1) is 12.2 Å². The second-order valence-electron chi connectivity index (χ2n) is 9.35. The van der Waals surface area contributed by atoms with Gasteiger partial charge in [0.15, 0.2) is 0 Å².